The van der Waals surface area contributed by atoms with Crippen LogP contribution in [-0.4, -0.2) is 68.4 Å². The van der Waals surface area contributed by atoms with Crippen LogP contribution in [0.15, 0.2) is 36.4 Å². The van der Waals surface area contributed by atoms with E-state index in [0.29, 0.717) is 17.8 Å². The average molecular weight is 450 g/mol. The molecular formula is C26H35N5O2. The van der Waals surface area contributed by atoms with E-state index in [1.54, 1.807) is 6.07 Å². The van der Waals surface area contributed by atoms with Crippen LogP contribution in [0.1, 0.15) is 40.4 Å². The topological polar surface area (TPSA) is 67.9 Å². The smallest absolute Gasteiger partial charge is 0.254 e. The van der Waals surface area contributed by atoms with E-state index in [0.717, 1.165) is 51.3 Å². The Bertz CT molecular complexity index is 1010. The lowest BCUT2D eigenvalue weighted by atomic mass is 9.99. The molecule has 2 aliphatic rings. The van der Waals surface area contributed by atoms with E-state index in [-0.39, 0.29) is 11.8 Å². The molecule has 33 heavy (non-hydrogen) atoms. The Morgan fingerprint density at radius 2 is 1.67 bits per heavy atom. The maximum atomic E-state index is 13.1. The molecule has 0 aliphatic carbocycles. The number of benzene rings is 2. The number of aryl methyl sites for hydroxylation is 1. The van der Waals surface area contributed by atoms with E-state index < -0.39 is 0 Å². The SMILES string of the molecule is CC(=O)Nc1cc(CNCc2ccc3c(c2)CCCN3C)cc(C(=O)N2CCN(C)CC2)c1. The van der Waals surface area contributed by atoms with E-state index >= 15 is 0 Å². The van der Waals surface area contributed by atoms with Crippen molar-refractivity contribution < 1.29 is 9.59 Å². The van der Waals surface area contributed by atoms with Gasteiger partial charge in [0.2, 0.25) is 5.91 Å². The number of nitrogens with zero attached hydrogens (tertiary/aromatic N) is 3. The normalized spacial score (nSPS) is 16.5. The molecule has 2 aromatic carbocycles. The fourth-order valence-corrected chi connectivity index (χ4v) is 4.68. The van der Waals surface area contributed by atoms with Crippen LogP contribution in [0.4, 0.5) is 11.4 Å². The van der Waals surface area contributed by atoms with Gasteiger partial charge in [0.15, 0.2) is 0 Å². The second kappa shape index (κ2) is 10.4. The second-order valence-electron chi connectivity index (χ2n) is 9.29. The van der Waals surface area contributed by atoms with Gasteiger partial charge >= 0.3 is 0 Å². The lowest BCUT2D eigenvalue weighted by molar-refractivity contribution is -0.114. The highest BCUT2D eigenvalue weighted by molar-refractivity contribution is 5.97. The fraction of sp³-hybridized carbons (Fsp3) is 0.462. The summed E-state index contributed by atoms with van der Waals surface area (Å²) in [5, 5.41) is 6.36. The molecule has 2 heterocycles. The Hall–Kier alpha value is -2.90. The van der Waals surface area contributed by atoms with Gasteiger partial charge in [0.1, 0.15) is 0 Å². The summed E-state index contributed by atoms with van der Waals surface area (Å²) < 4.78 is 0. The first-order valence-corrected chi connectivity index (χ1v) is 11.8. The van der Waals surface area contributed by atoms with Crippen LogP contribution in [-0.2, 0) is 24.3 Å². The number of carbonyl (C=O) groups excluding carboxylic acids is 2. The van der Waals surface area contributed by atoms with Gasteiger partial charge in [-0.05, 0) is 60.8 Å². The van der Waals surface area contributed by atoms with Gasteiger partial charge in [-0.3, -0.25) is 9.59 Å². The van der Waals surface area contributed by atoms with Gasteiger partial charge in [-0.2, -0.15) is 0 Å². The first kappa shape index (κ1) is 23.3. The fourth-order valence-electron chi connectivity index (χ4n) is 4.68. The molecular weight excluding hydrogens is 414 g/mol. The summed E-state index contributed by atoms with van der Waals surface area (Å²) in [4.78, 5) is 31.2. The minimum atomic E-state index is -0.142. The molecule has 0 bridgehead atoms. The first-order chi connectivity index (χ1) is 15.9. The van der Waals surface area contributed by atoms with E-state index in [4.69, 9.17) is 0 Å². The van der Waals surface area contributed by atoms with E-state index in [9.17, 15) is 9.59 Å². The van der Waals surface area contributed by atoms with Gasteiger partial charge in [-0.15, -0.1) is 0 Å². The zero-order valence-corrected chi connectivity index (χ0v) is 20.0. The van der Waals surface area contributed by atoms with Crippen LogP contribution in [0.25, 0.3) is 0 Å². The monoisotopic (exact) mass is 449 g/mol. The van der Waals surface area contributed by atoms with Crippen LogP contribution in [0.5, 0.6) is 0 Å². The molecule has 2 aromatic rings. The minimum absolute atomic E-state index is 0.0235. The van der Waals surface area contributed by atoms with Crippen LogP contribution in [0, 0.1) is 0 Å². The zero-order chi connectivity index (χ0) is 23.4. The summed E-state index contributed by atoms with van der Waals surface area (Å²) in [6.45, 7) is 7.17. The maximum Gasteiger partial charge on any atom is 0.254 e. The number of amides is 2. The number of nitrogens with one attached hydrogen (secondary N) is 2. The highest BCUT2D eigenvalue weighted by atomic mass is 16.2. The summed E-state index contributed by atoms with van der Waals surface area (Å²) in [5.41, 5.74) is 6.28. The van der Waals surface area contributed by atoms with Crippen LogP contribution in [0.3, 0.4) is 0 Å². The van der Waals surface area contributed by atoms with Crippen LogP contribution < -0.4 is 15.5 Å². The van der Waals surface area contributed by atoms with E-state index in [2.05, 4.69) is 52.7 Å². The summed E-state index contributed by atoms with van der Waals surface area (Å²) in [6.07, 6.45) is 2.32. The van der Waals surface area contributed by atoms with Crippen molar-refractivity contribution in [2.75, 3.05) is 57.0 Å². The van der Waals surface area contributed by atoms with Gasteiger partial charge in [-0.25, -0.2) is 0 Å². The number of rotatable bonds is 6. The minimum Gasteiger partial charge on any atom is -0.374 e. The second-order valence-corrected chi connectivity index (χ2v) is 9.29. The Balaban J connectivity index is 1.44. The molecule has 0 atom stereocenters. The van der Waals surface area contributed by atoms with Gasteiger partial charge in [-0.1, -0.05) is 12.1 Å². The molecule has 7 heteroatoms. The molecule has 1 fully saturated rings. The molecule has 0 unspecified atom stereocenters. The number of fused-ring (bicyclic) bond motifs is 1. The molecule has 4 rings (SSSR count). The molecule has 0 spiro atoms. The average Bonchev–Trinajstić information content (AvgIpc) is 2.79. The summed E-state index contributed by atoms with van der Waals surface area (Å²) in [7, 11) is 4.23. The number of carbonyl (C=O) groups is 2. The lowest BCUT2D eigenvalue weighted by Gasteiger charge is -2.32. The molecule has 1 saturated heterocycles. The van der Waals surface area contributed by atoms with Gasteiger partial charge < -0.3 is 25.3 Å². The highest BCUT2D eigenvalue weighted by Gasteiger charge is 2.21. The molecule has 0 saturated carbocycles. The Labute approximate surface area is 196 Å². The largest absolute Gasteiger partial charge is 0.374 e. The Kier molecular flexibility index (Phi) is 7.30. The lowest BCUT2D eigenvalue weighted by Crippen LogP contribution is -2.47. The predicted octanol–water partition coefficient (Wildman–Crippen LogP) is 2.70. The molecule has 176 valence electrons. The highest BCUT2D eigenvalue weighted by Crippen LogP contribution is 2.27. The third kappa shape index (κ3) is 5.92. The standard InChI is InChI=1S/C26H35N5O2/c1-19(32)28-24-15-21(14-23(16-24)26(33)31-11-9-29(2)10-12-31)18-27-17-20-6-7-25-22(13-20)5-4-8-30(25)3/h6-7,13-16,27H,4-5,8-12,17-18H2,1-3H3,(H,28,32). The number of likely N-dealkylation sites (N-methyl/N-ethyl adjacent to an activating group) is 1. The van der Waals surface area contributed by atoms with Gasteiger partial charge in [0, 0.05) is 76.7 Å². The molecule has 0 aromatic heterocycles. The van der Waals surface area contributed by atoms with Crippen molar-refractivity contribution in [3.8, 4) is 0 Å². The van der Waals surface area contributed by atoms with E-state index in [1.165, 1.54) is 30.2 Å². The van der Waals surface area contributed by atoms with Crippen LogP contribution in [0.2, 0.25) is 0 Å². The maximum absolute atomic E-state index is 13.1. The molecule has 0 radical (unpaired) electrons. The van der Waals surface area contributed by atoms with Crippen molar-refractivity contribution in [1.82, 2.24) is 15.1 Å². The van der Waals surface area contributed by atoms with Crippen molar-refractivity contribution in [2.45, 2.75) is 32.9 Å². The predicted molar refractivity (Wildman–Crippen MR) is 133 cm³/mol. The first-order valence-electron chi connectivity index (χ1n) is 11.8. The summed E-state index contributed by atoms with van der Waals surface area (Å²) in [6, 6.07) is 12.4. The Morgan fingerprint density at radius 1 is 0.909 bits per heavy atom. The summed E-state index contributed by atoms with van der Waals surface area (Å²) in [5.74, 6) is -0.118. The molecule has 7 nitrogen and oxygen atoms in total. The van der Waals surface area contributed by atoms with Gasteiger partial charge in [0.25, 0.3) is 5.91 Å². The van der Waals surface area contributed by atoms with Crippen molar-refractivity contribution >= 4 is 23.2 Å². The third-order valence-electron chi connectivity index (χ3n) is 6.50. The van der Waals surface area contributed by atoms with Crippen LogP contribution >= 0.6 is 0 Å². The number of piperazine rings is 1. The third-order valence-corrected chi connectivity index (χ3v) is 6.50. The molecule has 2 N–H and O–H groups in total. The van der Waals surface area contributed by atoms with Crippen molar-refractivity contribution in [3.05, 3.63) is 58.7 Å². The van der Waals surface area contributed by atoms with Crippen molar-refractivity contribution in [3.63, 3.8) is 0 Å². The zero-order valence-electron chi connectivity index (χ0n) is 20.0. The molecule has 2 amide bonds. The van der Waals surface area contributed by atoms with Crippen molar-refractivity contribution in [1.29, 1.82) is 0 Å². The number of hydrogen-bond donors (Lipinski definition) is 2. The Morgan fingerprint density at radius 3 is 2.42 bits per heavy atom. The number of hydrogen-bond acceptors (Lipinski definition) is 5. The van der Waals surface area contributed by atoms with E-state index in [1.807, 2.05) is 17.0 Å². The van der Waals surface area contributed by atoms with Gasteiger partial charge in [0.05, 0.1) is 0 Å². The molecule has 2 aliphatic heterocycles. The quantitative estimate of drug-likeness (QED) is 0.710. The van der Waals surface area contributed by atoms with Crippen molar-refractivity contribution in [2.24, 2.45) is 0 Å². The summed E-state index contributed by atoms with van der Waals surface area (Å²) >= 11 is 0. The number of anilines is 2.